The summed E-state index contributed by atoms with van der Waals surface area (Å²) >= 11 is 3.40. The maximum atomic E-state index is 13.1. The molecule has 0 aliphatic rings. The Hall–Kier alpha value is -2.19. The SMILES string of the molecule is CN(C)c1oc(-c2ccccc2Br)nc1S(=O)(=O)c1ccc(F)cc1. The van der Waals surface area contributed by atoms with Crippen LogP contribution in [0.5, 0.6) is 0 Å². The van der Waals surface area contributed by atoms with Crippen LogP contribution in [0.2, 0.25) is 0 Å². The molecule has 3 rings (SSSR count). The van der Waals surface area contributed by atoms with Gasteiger partial charge in [-0.2, -0.15) is 4.98 Å². The van der Waals surface area contributed by atoms with Crippen LogP contribution in [0.25, 0.3) is 11.5 Å². The van der Waals surface area contributed by atoms with E-state index >= 15 is 0 Å². The molecular weight excluding hydrogens is 411 g/mol. The molecule has 1 heterocycles. The third-order valence-electron chi connectivity index (χ3n) is 3.47. The summed E-state index contributed by atoms with van der Waals surface area (Å²) in [5, 5.41) is -0.213. The van der Waals surface area contributed by atoms with Crippen molar-refractivity contribution in [3.63, 3.8) is 0 Å². The number of halogens is 2. The maximum Gasteiger partial charge on any atom is 0.235 e. The van der Waals surface area contributed by atoms with E-state index < -0.39 is 15.7 Å². The second-order valence-corrected chi connectivity index (χ2v) is 8.18. The summed E-state index contributed by atoms with van der Waals surface area (Å²) in [5.74, 6) is -0.229. The largest absolute Gasteiger partial charge is 0.419 e. The van der Waals surface area contributed by atoms with E-state index in [-0.39, 0.29) is 21.7 Å². The third-order valence-corrected chi connectivity index (χ3v) is 5.83. The van der Waals surface area contributed by atoms with Crippen molar-refractivity contribution in [2.24, 2.45) is 0 Å². The number of sulfone groups is 1. The van der Waals surface area contributed by atoms with Gasteiger partial charge >= 0.3 is 0 Å². The quantitative estimate of drug-likeness (QED) is 0.588. The topological polar surface area (TPSA) is 63.4 Å². The fraction of sp³-hybridized carbons (Fsp3) is 0.118. The minimum Gasteiger partial charge on any atom is -0.419 e. The molecule has 0 spiro atoms. The summed E-state index contributed by atoms with van der Waals surface area (Å²) < 4.78 is 45.4. The van der Waals surface area contributed by atoms with Crippen LogP contribution >= 0.6 is 15.9 Å². The third kappa shape index (κ3) is 3.32. The van der Waals surface area contributed by atoms with E-state index in [1.165, 1.54) is 17.0 Å². The number of anilines is 1. The number of aromatic nitrogens is 1. The molecule has 0 saturated carbocycles. The second kappa shape index (κ2) is 6.61. The molecular formula is C17H14BrFN2O3S. The van der Waals surface area contributed by atoms with Crippen LogP contribution in [0.1, 0.15) is 0 Å². The van der Waals surface area contributed by atoms with E-state index in [1.807, 2.05) is 12.1 Å². The van der Waals surface area contributed by atoms with Crippen molar-refractivity contribution in [2.45, 2.75) is 9.92 Å². The molecule has 0 radical (unpaired) electrons. The van der Waals surface area contributed by atoms with Gasteiger partial charge in [0.1, 0.15) is 5.82 Å². The first-order valence-corrected chi connectivity index (χ1v) is 9.52. The van der Waals surface area contributed by atoms with Crippen LogP contribution in [0.15, 0.2) is 67.3 Å². The summed E-state index contributed by atoms with van der Waals surface area (Å²) in [6, 6.07) is 11.8. The lowest BCUT2D eigenvalue weighted by molar-refractivity contribution is 0.564. The van der Waals surface area contributed by atoms with E-state index in [1.54, 1.807) is 26.2 Å². The highest BCUT2D eigenvalue weighted by atomic mass is 79.9. The maximum absolute atomic E-state index is 13.1. The standard InChI is InChI=1S/C17H14BrFN2O3S/c1-21(2)17-16(25(22,23)12-9-7-11(19)8-10-12)20-15(24-17)13-5-3-4-6-14(13)18/h3-10H,1-2H3. The fourth-order valence-electron chi connectivity index (χ4n) is 2.23. The number of nitrogens with zero attached hydrogens (tertiary/aromatic N) is 2. The monoisotopic (exact) mass is 424 g/mol. The van der Waals surface area contributed by atoms with Crippen LogP contribution in [0.3, 0.4) is 0 Å². The zero-order valence-electron chi connectivity index (χ0n) is 13.4. The van der Waals surface area contributed by atoms with Crippen LogP contribution < -0.4 is 4.90 Å². The Kier molecular flexibility index (Phi) is 4.66. The predicted octanol–water partition coefficient (Wildman–Crippen LogP) is 4.14. The Balaban J connectivity index is 2.19. The number of hydrogen-bond donors (Lipinski definition) is 0. The molecule has 0 unspecified atom stereocenters. The van der Waals surface area contributed by atoms with Crippen LogP contribution in [0.4, 0.5) is 10.3 Å². The molecule has 0 aliphatic heterocycles. The van der Waals surface area contributed by atoms with Crippen LogP contribution in [-0.2, 0) is 9.84 Å². The first kappa shape index (κ1) is 17.6. The molecule has 25 heavy (non-hydrogen) atoms. The average molecular weight is 425 g/mol. The molecule has 0 saturated heterocycles. The molecule has 3 aromatic rings. The van der Waals surface area contributed by atoms with Crippen molar-refractivity contribution in [3.8, 4) is 11.5 Å². The van der Waals surface area contributed by atoms with E-state index in [2.05, 4.69) is 20.9 Å². The Morgan fingerprint density at radius 1 is 1.08 bits per heavy atom. The smallest absolute Gasteiger partial charge is 0.235 e. The minimum absolute atomic E-state index is 0.0519. The Labute approximate surface area is 153 Å². The van der Waals surface area contributed by atoms with E-state index in [0.717, 1.165) is 16.6 Å². The molecule has 0 N–H and O–H groups in total. The highest BCUT2D eigenvalue weighted by Gasteiger charge is 2.30. The summed E-state index contributed by atoms with van der Waals surface area (Å²) in [6.07, 6.45) is 0. The first-order chi connectivity index (χ1) is 11.8. The molecule has 0 atom stereocenters. The van der Waals surface area contributed by atoms with Gasteiger partial charge in [0.25, 0.3) is 0 Å². The lowest BCUT2D eigenvalue weighted by atomic mass is 10.2. The number of oxazole rings is 1. The zero-order valence-corrected chi connectivity index (χ0v) is 15.8. The van der Waals surface area contributed by atoms with Gasteiger partial charge in [-0.3, -0.25) is 0 Å². The van der Waals surface area contributed by atoms with Gasteiger partial charge in [0.15, 0.2) is 0 Å². The summed E-state index contributed by atoms with van der Waals surface area (Å²) in [4.78, 5) is 5.69. The molecule has 0 amide bonds. The molecule has 8 heteroatoms. The minimum atomic E-state index is -3.96. The highest BCUT2D eigenvalue weighted by molar-refractivity contribution is 9.10. The first-order valence-electron chi connectivity index (χ1n) is 7.24. The van der Waals surface area contributed by atoms with Gasteiger partial charge in [-0.25, -0.2) is 12.8 Å². The molecule has 5 nitrogen and oxygen atoms in total. The zero-order chi connectivity index (χ0) is 18.2. The number of benzene rings is 2. The van der Waals surface area contributed by atoms with Gasteiger partial charge in [-0.1, -0.05) is 12.1 Å². The molecule has 130 valence electrons. The van der Waals surface area contributed by atoms with Crippen molar-refractivity contribution >= 4 is 31.7 Å². The lowest BCUT2D eigenvalue weighted by Crippen LogP contribution is -2.13. The summed E-state index contributed by atoms with van der Waals surface area (Å²) in [7, 11) is -0.638. The van der Waals surface area contributed by atoms with Crippen molar-refractivity contribution < 1.29 is 17.2 Å². The van der Waals surface area contributed by atoms with Gasteiger partial charge in [-0.05, 0) is 52.3 Å². The van der Waals surface area contributed by atoms with E-state index in [4.69, 9.17) is 4.42 Å². The van der Waals surface area contributed by atoms with Crippen molar-refractivity contribution in [3.05, 3.63) is 58.8 Å². The Morgan fingerprint density at radius 3 is 2.32 bits per heavy atom. The average Bonchev–Trinajstić information content (AvgIpc) is 3.02. The molecule has 2 aromatic carbocycles. The molecule has 0 aliphatic carbocycles. The van der Waals surface area contributed by atoms with Crippen molar-refractivity contribution in [1.82, 2.24) is 4.98 Å². The summed E-state index contributed by atoms with van der Waals surface area (Å²) in [5.41, 5.74) is 0.631. The number of rotatable bonds is 4. The second-order valence-electron chi connectivity index (χ2n) is 5.46. The Morgan fingerprint density at radius 2 is 1.72 bits per heavy atom. The van der Waals surface area contributed by atoms with Crippen LogP contribution in [-0.4, -0.2) is 27.5 Å². The normalized spacial score (nSPS) is 11.5. The molecule has 0 bridgehead atoms. The van der Waals surface area contributed by atoms with Gasteiger partial charge < -0.3 is 9.32 Å². The Bertz CT molecular complexity index is 1010. The van der Waals surface area contributed by atoms with E-state index in [9.17, 15) is 12.8 Å². The fourth-order valence-corrected chi connectivity index (χ4v) is 4.06. The van der Waals surface area contributed by atoms with Gasteiger partial charge in [0.05, 0.1) is 10.5 Å². The lowest BCUT2D eigenvalue weighted by Gasteiger charge is -2.10. The highest BCUT2D eigenvalue weighted by Crippen LogP contribution is 2.36. The van der Waals surface area contributed by atoms with Gasteiger partial charge in [0.2, 0.25) is 26.6 Å². The van der Waals surface area contributed by atoms with Crippen molar-refractivity contribution in [2.75, 3.05) is 19.0 Å². The predicted molar refractivity (Wildman–Crippen MR) is 95.8 cm³/mol. The molecule has 1 aromatic heterocycles. The van der Waals surface area contributed by atoms with E-state index in [0.29, 0.717) is 5.56 Å². The molecule has 0 fully saturated rings. The van der Waals surface area contributed by atoms with Crippen LogP contribution in [0, 0.1) is 5.82 Å². The van der Waals surface area contributed by atoms with Crippen molar-refractivity contribution in [1.29, 1.82) is 0 Å². The van der Waals surface area contributed by atoms with Gasteiger partial charge in [0, 0.05) is 18.6 Å². The summed E-state index contributed by atoms with van der Waals surface area (Å²) in [6.45, 7) is 0. The van der Waals surface area contributed by atoms with Gasteiger partial charge in [-0.15, -0.1) is 0 Å². The number of hydrogen-bond acceptors (Lipinski definition) is 5.